The minimum atomic E-state index is -4.16. The van der Waals surface area contributed by atoms with Crippen LogP contribution in [0.4, 0.5) is 10.5 Å². The van der Waals surface area contributed by atoms with Gasteiger partial charge in [0.25, 0.3) is 5.91 Å². The van der Waals surface area contributed by atoms with Gasteiger partial charge in [-0.05, 0) is 63.3 Å². The van der Waals surface area contributed by atoms with E-state index in [0.717, 1.165) is 17.6 Å². The first-order valence-corrected chi connectivity index (χ1v) is 18.3. The second-order valence-electron chi connectivity index (χ2n) is 13.4. The largest absolute Gasteiger partial charge is 0.443 e. The lowest BCUT2D eigenvalue weighted by molar-refractivity contribution is -0.110. The number of carbonyl (C=O) groups excluding carboxylic acids is 2. The highest BCUT2D eigenvalue weighted by atomic mass is 32.2. The van der Waals surface area contributed by atoms with E-state index in [2.05, 4.69) is 10.6 Å². The summed E-state index contributed by atoms with van der Waals surface area (Å²) in [5.41, 5.74) is 3.26. The number of rotatable bonds is 14. The number of amides is 2. The Bertz CT molecular complexity index is 1660. The smallest absolute Gasteiger partial charge is 0.407 e. The van der Waals surface area contributed by atoms with Crippen LogP contribution in [0, 0.1) is 11.8 Å². The average Bonchev–Trinajstić information content (AvgIpc) is 3.75. The van der Waals surface area contributed by atoms with Crippen molar-refractivity contribution in [3.8, 4) is 0 Å². The number of hydrogen-bond acceptors (Lipinski definition) is 9. The third kappa shape index (κ3) is 8.89. The fourth-order valence-electron chi connectivity index (χ4n) is 6.36. The highest BCUT2D eigenvalue weighted by Crippen LogP contribution is 2.35. The van der Waals surface area contributed by atoms with Crippen molar-refractivity contribution < 1.29 is 37.3 Å². The van der Waals surface area contributed by atoms with Gasteiger partial charge < -0.3 is 34.9 Å². The molecule has 0 aliphatic carbocycles. The molecule has 2 saturated heterocycles. The Morgan fingerprint density at radius 1 is 1.14 bits per heavy atom. The molecule has 13 heteroatoms. The SMILES string of the molecule is CCN(C=C(C)C)/C=C1\C(=O)Nc2ccc(S(=O)(=O)N(CC(C)C)C[C@@H](O)[C@H](Cc3ccccc3)NC(=O)O[C@H]3COC4OCCC43)cc21. The van der Waals surface area contributed by atoms with Crippen molar-refractivity contribution in [2.45, 2.75) is 76.9 Å². The number of anilines is 1. The number of aliphatic hydroxyl groups excluding tert-OH is 1. The molecule has 2 amide bonds. The molecule has 49 heavy (non-hydrogen) atoms. The molecule has 0 saturated carbocycles. The number of nitrogens with one attached hydrogen (secondary N) is 2. The van der Waals surface area contributed by atoms with Crippen molar-refractivity contribution in [1.29, 1.82) is 0 Å². The maximum Gasteiger partial charge on any atom is 0.407 e. The van der Waals surface area contributed by atoms with Crippen LogP contribution in [0.25, 0.3) is 5.57 Å². The summed E-state index contributed by atoms with van der Waals surface area (Å²) >= 11 is 0. The molecule has 3 aliphatic heterocycles. The molecule has 266 valence electrons. The highest BCUT2D eigenvalue weighted by Gasteiger charge is 2.44. The summed E-state index contributed by atoms with van der Waals surface area (Å²) in [6.07, 6.45) is 1.72. The van der Waals surface area contributed by atoms with E-state index < -0.39 is 34.4 Å². The van der Waals surface area contributed by atoms with Gasteiger partial charge in [0.1, 0.15) is 6.10 Å². The van der Waals surface area contributed by atoms with Gasteiger partial charge in [-0.2, -0.15) is 4.31 Å². The third-order valence-corrected chi connectivity index (χ3v) is 10.6. The van der Waals surface area contributed by atoms with Gasteiger partial charge in [-0.1, -0.05) is 49.8 Å². The zero-order chi connectivity index (χ0) is 35.3. The highest BCUT2D eigenvalue weighted by molar-refractivity contribution is 7.89. The summed E-state index contributed by atoms with van der Waals surface area (Å²) < 4.78 is 46.7. The fraction of sp³-hybridized carbons (Fsp3) is 0.500. The van der Waals surface area contributed by atoms with Crippen LogP contribution in [0.15, 0.2) is 71.4 Å². The number of fused-ring (bicyclic) bond motifs is 2. The van der Waals surface area contributed by atoms with Crippen molar-refractivity contribution in [2.75, 3.05) is 38.2 Å². The zero-order valence-corrected chi connectivity index (χ0v) is 29.6. The number of sulfonamides is 1. The maximum atomic E-state index is 14.3. The van der Waals surface area contributed by atoms with Gasteiger partial charge in [0, 0.05) is 43.3 Å². The first-order valence-electron chi connectivity index (χ1n) is 16.9. The van der Waals surface area contributed by atoms with Gasteiger partial charge in [0.05, 0.1) is 41.7 Å². The Labute approximate surface area is 289 Å². The second kappa shape index (κ2) is 15.9. The molecular formula is C36H48N4O8S. The molecule has 0 spiro atoms. The minimum absolute atomic E-state index is 0.00619. The average molecular weight is 697 g/mol. The Morgan fingerprint density at radius 2 is 1.90 bits per heavy atom. The second-order valence-corrected chi connectivity index (χ2v) is 15.4. The van der Waals surface area contributed by atoms with E-state index >= 15 is 0 Å². The molecule has 12 nitrogen and oxygen atoms in total. The number of benzene rings is 2. The Balaban J connectivity index is 1.39. The standard InChI is InChI=1S/C36H48N4O8S/c1-6-39(18-23(2)3)20-29-28-17-26(12-13-30(28)37-34(29)42)49(44,45)40(19-24(4)5)21-32(41)31(16-25-10-8-7-9-11-25)38-36(43)48-33-22-47-35-27(33)14-15-46-35/h7-13,17-18,20,24,27,31-33,35,41H,6,14-16,19,21-22H2,1-5H3,(H,37,42)(H,38,43)/b29-20-/t27?,31-,32+,33-,35?/m0/s1. The normalized spacial score (nSPS) is 22.1. The van der Waals surface area contributed by atoms with Crippen LogP contribution in [0.2, 0.25) is 0 Å². The van der Waals surface area contributed by atoms with E-state index in [1.54, 1.807) is 12.3 Å². The van der Waals surface area contributed by atoms with E-state index in [9.17, 15) is 23.1 Å². The van der Waals surface area contributed by atoms with Gasteiger partial charge in [-0.15, -0.1) is 0 Å². The van der Waals surface area contributed by atoms with Crippen LogP contribution in [0.5, 0.6) is 0 Å². The Morgan fingerprint density at radius 3 is 2.59 bits per heavy atom. The van der Waals surface area contributed by atoms with E-state index in [1.165, 1.54) is 16.4 Å². The monoisotopic (exact) mass is 696 g/mol. The molecule has 0 radical (unpaired) electrons. The number of alkyl carbamates (subject to hydrolysis) is 1. The van der Waals surface area contributed by atoms with Crippen LogP contribution < -0.4 is 10.6 Å². The van der Waals surface area contributed by atoms with E-state index in [-0.39, 0.29) is 55.0 Å². The quantitative estimate of drug-likeness (QED) is 0.246. The van der Waals surface area contributed by atoms with Crippen molar-refractivity contribution in [1.82, 2.24) is 14.5 Å². The molecule has 0 aromatic heterocycles. The summed E-state index contributed by atoms with van der Waals surface area (Å²) in [4.78, 5) is 28.0. The van der Waals surface area contributed by atoms with Crippen LogP contribution in [-0.4, -0.2) is 92.1 Å². The van der Waals surface area contributed by atoms with Gasteiger partial charge in [-0.25, -0.2) is 13.2 Å². The predicted octanol–water partition coefficient (Wildman–Crippen LogP) is 4.33. The van der Waals surface area contributed by atoms with Crippen LogP contribution in [-0.2, 0) is 35.4 Å². The number of hydrogen-bond donors (Lipinski definition) is 3. The summed E-state index contributed by atoms with van der Waals surface area (Å²) in [5.74, 6) is -0.450. The topological polar surface area (TPSA) is 147 Å². The third-order valence-electron chi connectivity index (χ3n) is 8.77. The molecule has 2 aromatic rings. The number of carbonyl (C=O) groups is 2. The van der Waals surface area contributed by atoms with Crippen molar-refractivity contribution in [2.24, 2.45) is 11.8 Å². The fourth-order valence-corrected chi connectivity index (χ4v) is 8.01. The van der Waals surface area contributed by atoms with Gasteiger partial charge in [-0.3, -0.25) is 4.79 Å². The lowest BCUT2D eigenvalue weighted by atomic mass is 10.0. The lowest BCUT2D eigenvalue weighted by Gasteiger charge is -2.31. The molecule has 2 unspecified atom stereocenters. The molecule has 5 rings (SSSR count). The maximum absolute atomic E-state index is 14.3. The summed E-state index contributed by atoms with van der Waals surface area (Å²) in [6, 6.07) is 13.0. The van der Waals surface area contributed by atoms with E-state index in [1.807, 2.05) is 76.1 Å². The van der Waals surface area contributed by atoms with Crippen LogP contribution in [0.1, 0.15) is 52.2 Å². The molecule has 0 bridgehead atoms. The first-order chi connectivity index (χ1) is 23.3. The van der Waals surface area contributed by atoms with Gasteiger partial charge >= 0.3 is 6.09 Å². The molecular weight excluding hydrogens is 648 g/mol. The Kier molecular flexibility index (Phi) is 11.8. The number of ether oxygens (including phenoxy) is 3. The molecule has 5 atom stereocenters. The molecule has 3 aliphatic rings. The van der Waals surface area contributed by atoms with Crippen LogP contribution in [0.3, 0.4) is 0 Å². The van der Waals surface area contributed by atoms with Crippen molar-refractivity contribution in [3.05, 3.63) is 77.6 Å². The number of aliphatic hydroxyl groups is 1. The molecule has 3 heterocycles. The van der Waals surface area contributed by atoms with E-state index in [0.29, 0.717) is 30.0 Å². The molecule has 2 fully saturated rings. The number of nitrogens with zero attached hydrogens (tertiary/aromatic N) is 2. The first kappa shape index (κ1) is 36.5. The predicted molar refractivity (Wildman–Crippen MR) is 186 cm³/mol. The van der Waals surface area contributed by atoms with Crippen molar-refractivity contribution in [3.63, 3.8) is 0 Å². The van der Waals surface area contributed by atoms with E-state index in [4.69, 9.17) is 14.2 Å². The van der Waals surface area contributed by atoms with Crippen LogP contribution >= 0.6 is 0 Å². The number of allylic oxidation sites excluding steroid dienone is 1. The minimum Gasteiger partial charge on any atom is -0.443 e. The zero-order valence-electron chi connectivity index (χ0n) is 28.8. The summed E-state index contributed by atoms with van der Waals surface area (Å²) in [6.45, 7) is 10.9. The summed E-state index contributed by atoms with van der Waals surface area (Å²) in [7, 11) is -4.16. The van der Waals surface area contributed by atoms with Crippen molar-refractivity contribution >= 4 is 33.3 Å². The van der Waals surface area contributed by atoms with Gasteiger partial charge in [0.15, 0.2) is 6.29 Å². The summed E-state index contributed by atoms with van der Waals surface area (Å²) in [5, 5.41) is 17.3. The van der Waals surface area contributed by atoms with Gasteiger partial charge in [0.2, 0.25) is 10.0 Å². The molecule has 3 N–H and O–H groups in total. The Hall–Kier alpha value is -3.75. The molecule has 2 aromatic carbocycles. The lowest BCUT2D eigenvalue weighted by Crippen LogP contribution is -2.51.